The lowest BCUT2D eigenvalue weighted by Gasteiger charge is -2.18. The highest BCUT2D eigenvalue weighted by molar-refractivity contribution is 7.98. The Morgan fingerprint density at radius 3 is 2.77 bits per heavy atom. The zero-order valence-corrected chi connectivity index (χ0v) is 18.3. The van der Waals surface area contributed by atoms with Crippen molar-refractivity contribution >= 4 is 23.5 Å². The number of nitrogens with zero attached hydrogens (tertiary/aromatic N) is 3. The summed E-state index contributed by atoms with van der Waals surface area (Å²) in [6.07, 6.45) is 2.62. The Morgan fingerprint density at radius 2 is 2.06 bits per heavy atom. The first kappa shape index (κ1) is 20.8. The summed E-state index contributed by atoms with van der Waals surface area (Å²) < 4.78 is 13.3. The maximum atomic E-state index is 12.7. The molecule has 0 fully saturated rings. The van der Waals surface area contributed by atoms with Gasteiger partial charge in [0.2, 0.25) is 0 Å². The summed E-state index contributed by atoms with van der Waals surface area (Å²) in [5, 5.41) is 17.5. The number of nitrogens with one attached hydrogen (secondary N) is 1. The van der Waals surface area contributed by atoms with E-state index < -0.39 is 5.91 Å². The van der Waals surface area contributed by atoms with Gasteiger partial charge in [0.15, 0.2) is 23.9 Å². The molecule has 158 valence electrons. The van der Waals surface area contributed by atoms with Crippen LogP contribution in [-0.2, 0) is 11.2 Å². The van der Waals surface area contributed by atoms with E-state index in [0.717, 1.165) is 17.7 Å². The third-order valence-corrected chi connectivity index (χ3v) is 5.50. The van der Waals surface area contributed by atoms with Crippen LogP contribution in [0.5, 0.6) is 11.5 Å². The van der Waals surface area contributed by atoms with Crippen molar-refractivity contribution in [3.05, 3.63) is 59.7 Å². The average molecular weight is 435 g/mol. The van der Waals surface area contributed by atoms with Crippen LogP contribution in [0.1, 0.15) is 25.0 Å². The molecular formula is C23H22N4O3S. The highest BCUT2D eigenvalue weighted by atomic mass is 32.2. The molecule has 0 unspecified atom stereocenters. The quantitative estimate of drug-likeness (QED) is 0.585. The fraction of sp³-hybridized carbons (Fsp3) is 0.261. The smallest absolute Gasteiger partial charge is 0.263 e. The average Bonchev–Trinajstić information content (AvgIpc) is 3.28. The molecule has 2 heterocycles. The summed E-state index contributed by atoms with van der Waals surface area (Å²) in [6, 6.07) is 17.2. The van der Waals surface area contributed by atoms with Crippen molar-refractivity contribution in [3.8, 4) is 23.3 Å². The van der Waals surface area contributed by atoms with Crippen LogP contribution in [0.25, 0.3) is 5.69 Å². The third-order valence-electron chi connectivity index (χ3n) is 4.83. The molecule has 2 aromatic carbocycles. The standard InChI is InChI=1S/C23H22N4O3S/c1-23(2)12-15-8-7-11-18(20(15)30-23)29-14-19(28)25-21-17(13-24)22(31-3)26-27(21)16-9-5-4-6-10-16/h4-11H,12,14H2,1-3H3,(H,25,28). The van der Waals surface area contributed by atoms with Crippen LogP contribution in [0.4, 0.5) is 5.82 Å². The maximum Gasteiger partial charge on any atom is 0.263 e. The van der Waals surface area contributed by atoms with Crippen LogP contribution < -0.4 is 14.8 Å². The van der Waals surface area contributed by atoms with Crippen molar-refractivity contribution in [2.45, 2.75) is 30.9 Å². The summed E-state index contributed by atoms with van der Waals surface area (Å²) >= 11 is 1.35. The van der Waals surface area contributed by atoms with Gasteiger partial charge in [0.05, 0.1) is 5.69 Å². The van der Waals surface area contributed by atoms with Gasteiger partial charge in [-0.25, -0.2) is 4.68 Å². The molecule has 0 saturated carbocycles. The number of amides is 1. The Morgan fingerprint density at radius 1 is 1.29 bits per heavy atom. The molecule has 1 N–H and O–H groups in total. The van der Waals surface area contributed by atoms with E-state index in [1.165, 1.54) is 11.8 Å². The monoisotopic (exact) mass is 434 g/mol. The number of hydrogen-bond donors (Lipinski definition) is 1. The minimum atomic E-state index is -0.393. The second-order valence-electron chi connectivity index (χ2n) is 7.71. The normalized spacial score (nSPS) is 13.7. The molecule has 1 aromatic heterocycles. The fourth-order valence-corrected chi connectivity index (χ4v) is 4.04. The summed E-state index contributed by atoms with van der Waals surface area (Å²) in [7, 11) is 0. The Labute approximate surface area is 185 Å². The van der Waals surface area contributed by atoms with Gasteiger partial charge in [0, 0.05) is 12.0 Å². The summed E-state index contributed by atoms with van der Waals surface area (Å²) in [4.78, 5) is 12.7. The zero-order valence-electron chi connectivity index (χ0n) is 17.5. The van der Waals surface area contributed by atoms with E-state index in [2.05, 4.69) is 16.5 Å². The topological polar surface area (TPSA) is 89.2 Å². The molecule has 4 rings (SSSR count). The van der Waals surface area contributed by atoms with Crippen LogP contribution >= 0.6 is 11.8 Å². The van der Waals surface area contributed by atoms with Crippen LogP contribution in [-0.4, -0.2) is 34.2 Å². The van der Waals surface area contributed by atoms with Crippen molar-refractivity contribution in [2.75, 3.05) is 18.2 Å². The van der Waals surface area contributed by atoms with E-state index in [1.54, 1.807) is 10.7 Å². The van der Waals surface area contributed by atoms with Gasteiger partial charge in [-0.3, -0.25) is 4.79 Å². The number of benzene rings is 2. The number of ether oxygens (including phenoxy) is 2. The van der Waals surface area contributed by atoms with E-state index in [1.807, 2.05) is 62.6 Å². The van der Waals surface area contributed by atoms with E-state index in [9.17, 15) is 10.1 Å². The van der Waals surface area contributed by atoms with Crippen molar-refractivity contribution in [1.29, 1.82) is 5.26 Å². The molecule has 0 saturated heterocycles. The van der Waals surface area contributed by atoms with E-state index in [0.29, 0.717) is 27.9 Å². The first-order valence-electron chi connectivity index (χ1n) is 9.78. The molecule has 8 heteroatoms. The number of carbonyl (C=O) groups is 1. The molecule has 1 aliphatic heterocycles. The number of thioether (sulfide) groups is 1. The number of hydrogen-bond acceptors (Lipinski definition) is 6. The lowest BCUT2D eigenvalue weighted by molar-refractivity contribution is -0.118. The van der Waals surface area contributed by atoms with Gasteiger partial charge >= 0.3 is 0 Å². The van der Waals surface area contributed by atoms with Gasteiger partial charge in [-0.15, -0.1) is 11.8 Å². The van der Waals surface area contributed by atoms with Crippen LogP contribution in [0.15, 0.2) is 53.6 Å². The molecule has 1 amide bonds. The second kappa shape index (κ2) is 8.36. The Kier molecular flexibility index (Phi) is 5.61. The predicted octanol–water partition coefficient (Wildman–Crippen LogP) is 4.20. The molecule has 0 radical (unpaired) electrons. The number of para-hydroxylation sites is 2. The van der Waals surface area contributed by atoms with Crippen LogP contribution in [0, 0.1) is 11.3 Å². The molecule has 1 aliphatic rings. The molecule has 0 atom stereocenters. The SMILES string of the molecule is CSc1nn(-c2ccccc2)c(NC(=O)COc2cccc3c2OC(C)(C)C3)c1C#N. The maximum absolute atomic E-state index is 12.7. The first-order valence-corrected chi connectivity index (χ1v) is 11.0. The molecule has 0 aliphatic carbocycles. The van der Waals surface area contributed by atoms with E-state index in [-0.39, 0.29) is 12.2 Å². The first-order chi connectivity index (χ1) is 14.9. The number of carbonyl (C=O) groups excluding carboxylic acids is 1. The number of anilines is 1. The molecule has 3 aromatic rings. The Bertz CT molecular complexity index is 1170. The van der Waals surface area contributed by atoms with Crippen molar-refractivity contribution < 1.29 is 14.3 Å². The molecule has 7 nitrogen and oxygen atoms in total. The lowest BCUT2D eigenvalue weighted by Crippen LogP contribution is -2.25. The van der Waals surface area contributed by atoms with Gasteiger partial charge in [0.1, 0.15) is 22.3 Å². The number of fused-ring (bicyclic) bond motifs is 1. The number of aromatic nitrogens is 2. The Hall–Kier alpha value is -3.44. The zero-order chi connectivity index (χ0) is 22.0. The van der Waals surface area contributed by atoms with Crippen molar-refractivity contribution in [1.82, 2.24) is 9.78 Å². The van der Waals surface area contributed by atoms with Crippen LogP contribution in [0.2, 0.25) is 0 Å². The van der Waals surface area contributed by atoms with E-state index in [4.69, 9.17) is 9.47 Å². The van der Waals surface area contributed by atoms with Gasteiger partial charge in [-0.1, -0.05) is 30.3 Å². The van der Waals surface area contributed by atoms with Crippen molar-refractivity contribution in [3.63, 3.8) is 0 Å². The molecule has 0 spiro atoms. The number of rotatable bonds is 6. The highest BCUT2D eigenvalue weighted by Gasteiger charge is 2.32. The number of nitriles is 1. The summed E-state index contributed by atoms with van der Waals surface area (Å²) in [5.41, 5.74) is 1.81. The predicted molar refractivity (Wildman–Crippen MR) is 119 cm³/mol. The second-order valence-corrected chi connectivity index (χ2v) is 8.51. The summed E-state index contributed by atoms with van der Waals surface area (Å²) in [6.45, 7) is 3.81. The van der Waals surface area contributed by atoms with Crippen LogP contribution in [0.3, 0.4) is 0 Å². The van der Waals surface area contributed by atoms with Gasteiger partial charge in [-0.05, 0) is 38.3 Å². The van der Waals surface area contributed by atoms with Gasteiger partial charge in [-0.2, -0.15) is 10.4 Å². The third kappa shape index (κ3) is 4.23. The Balaban J connectivity index is 1.55. The molecular weight excluding hydrogens is 412 g/mol. The largest absolute Gasteiger partial charge is 0.483 e. The molecule has 0 bridgehead atoms. The molecule has 31 heavy (non-hydrogen) atoms. The van der Waals surface area contributed by atoms with E-state index >= 15 is 0 Å². The van der Waals surface area contributed by atoms with Gasteiger partial charge < -0.3 is 14.8 Å². The minimum Gasteiger partial charge on any atom is -0.483 e. The fourth-order valence-electron chi connectivity index (χ4n) is 3.53. The minimum absolute atomic E-state index is 0.223. The summed E-state index contributed by atoms with van der Waals surface area (Å²) in [5.74, 6) is 1.13. The highest BCUT2D eigenvalue weighted by Crippen LogP contribution is 2.41. The van der Waals surface area contributed by atoms with Gasteiger partial charge in [0.25, 0.3) is 5.91 Å². The van der Waals surface area contributed by atoms with Crippen molar-refractivity contribution in [2.24, 2.45) is 0 Å². The lowest BCUT2D eigenvalue weighted by atomic mass is 10.0.